The maximum atomic E-state index is 10.8. The minimum atomic E-state index is -0.918. The van der Waals surface area contributed by atoms with E-state index in [9.17, 15) is 4.79 Å². The van der Waals surface area contributed by atoms with Gasteiger partial charge in [0.25, 0.3) is 0 Å². The summed E-state index contributed by atoms with van der Waals surface area (Å²) in [4.78, 5) is 10.8. The summed E-state index contributed by atoms with van der Waals surface area (Å²) in [6.45, 7) is 0.590. The van der Waals surface area contributed by atoms with Crippen LogP contribution in [0.5, 0.6) is 5.75 Å². The minimum absolute atomic E-state index is 0.286. The summed E-state index contributed by atoms with van der Waals surface area (Å²) in [6, 6.07) is 12.5. The van der Waals surface area contributed by atoms with E-state index in [0.29, 0.717) is 6.54 Å². The molecule has 2 N–H and O–H groups in total. The highest BCUT2D eigenvalue weighted by molar-refractivity contribution is 9.10. The fourth-order valence-corrected chi connectivity index (χ4v) is 2.14. The van der Waals surface area contributed by atoms with Gasteiger partial charge in [-0.3, -0.25) is 0 Å². The molecule has 20 heavy (non-hydrogen) atoms. The lowest BCUT2D eigenvalue weighted by Crippen LogP contribution is -2.02. The lowest BCUT2D eigenvalue weighted by molar-refractivity contribution is 0.0697. The zero-order valence-corrected chi connectivity index (χ0v) is 12.5. The first-order valence-electron chi connectivity index (χ1n) is 6.00. The Morgan fingerprint density at radius 3 is 2.55 bits per heavy atom. The Labute approximate surface area is 125 Å². The average molecular weight is 336 g/mol. The van der Waals surface area contributed by atoms with Crippen LogP contribution in [-0.4, -0.2) is 18.2 Å². The summed E-state index contributed by atoms with van der Waals surface area (Å²) >= 11 is 3.42. The molecule has 0 radical (unpaired) electrons. The van der Waals surface area contributed by atoms with Gasteiger partial charge in [-0.1, -0.05) is 28.1 Å². The molecule has 4 nitrogen and oxygen atoms in total. The van der Waals surface area contributed by atoms with Crippen molar-refractivity contribution in [2.45, 2.75) is 6.54 Å². The number of carbonyl (C=O) groups is 1. The average Bonchev–Trinajstić information content (AvgIpc) is 2.45. The standard InChI is InChI=1S/C15H14BrNO3/c1-20-14-7-6-12(16)8-13(14)17-9-10-2-4-11(5-3-10)15(18)19/h2-8,17H,9H2,1H3,(H,18,19). The van der Waals surface area contributed by atoms with Gasteiger partial charge in [0.15, 0.2) is 0 Å². The number of hydrogen-bond acceptors (Lipinski definition) is 3. The van der Waals surface area contributed by atoms with Gasteiger partial charge in [-0.15, -0.1) is 0 Å². The number of aromatic carboxylic acids is 1. The van der Waals surface area contributed by atoms with E-state index in [1.165, 1.54) is 0 Å². The summed E-state index contributed by atoms with van der Waals surface area (Å²) in [6.07, 6.45) is 0. The number of benzene rings is 2. The highest BCUT2D eigenvalue weighted by atomic mass is 79.9. The molecular formula is C15H14BrNO3. The normalized spacial score (nSPS) is 10.1. The van der Waals surface area contributed by atoms with Gasteiger partial charge in [0.05, 0.1) is 18.4 Å². The number of rotatable bonds is 5. The van der Waals surface area contributed by atoms with Crippen LogP contribution >= 0.6 is 15.9 Å². The van der Waals surface area contributed by atoms with Crippen molar-refractivity contribution in [2.24, 2.45) is 0 Å². The van der Waals surface area contributed by atoms with E-state index in [1.807, 2.05) is 18.2 Å². The third kappa shape index (κ3) is 3.51. The molecule has 2 aromatic rings. The van der Waals surface area contributed by atoms with Crippen molar-refractivity contribution < 1.29 is 14.6 Å². The predicted octanol–water partition coefficient (Wildman–Crippen LogP) is 3.77. The topological polar surface area (TPSA) is 58.6 Å². The van der Waals surface area contributed by atoms with Crippen molar-refractivity contribution in [3.8, 4) is 5.75 Å². The van der Waals surface area contributed by atoms with Crippen molar-refractivity contribution in [1.82, 2.24) is 0 Å². The van der Waals surface area contributed by atoms with E-state index in [0.717, 1.165) is 21.5 Å². The second kappa shape index (κ2) is 6.43. The summed E-state index contributed by atoms with van der Waals surface area (Å²) in [7, 11) is 1.62. The summed E-state index contributed by atoms with van der Waals surface area (Å²) in [5.74, 6) is -0.159. The molecular weight excluding hydrogens is 322 g/mol. The largest absolute Gasteiger partial charge is 0.495 e. The van der Waals surface area contributed by atoms with Crippen LogP contribution in [0.25, 0.3) is 0 Å². The quantitative estimate of drug-likeness (QED) is 0.873. The summed E-state index contributed by atoms with van der Waals surface area (Å²) < 4.78 is 6.24. The number of carboxylic acids is 1. The smallest absolute Gasteiger partial charge is 0.335 e. The Bertz CT molecular complexity index is 611. The van der Waals surface area contributed by atoms with Crippen LogP contribution in [-0.2, 0) is 6.54 Å². The predicted molar refractivity (Wildman–Crippen MR) is 81.4 cm³/mol. The minimum Gasteiger partial charge on any atom is -0.495 e. The van der Waals surface area contributed by atoms with E-state index in [2.05, 4.69) is 21.2 Å². The van der Waals surface area contributed by atoms with Gasteiger partial charge in [-0.2, -0.15) is 0 Å². The first-order chi connectivity index (χ1) is 9.60. The van der Waals surface area contributed by atoms with Crippen LogP contribution in [0.2, 0.25) is 0 Å². The van der Waals surface area contributed by atoms with Gasteiger partial charge in [0.2, 0.25) is 0 Å². The fourth-order valence-electron chi connectivity index (χ4n) is 1.78. The molecule has 0 fully saturated rings. The highest BCUT2D eigenvalue weighted by Crippen LogP contribution is 2.28. The summed E-state index contributed by atoms with van der Waals surface area (Å²) in [5.41, 5.74) is 2.16. The molecule has 2 rings (SSSR count). The molecule has 2 aromatic carbocycles. The third-order valence-electron chi connectivity index (χ3n) is 2.85. The van der Waals surface area contributed by atoms with Gasteiger partial charge >= 0.3 is 5.97 Å². The number of halogens is 1. The number of hydrogen-bond donors (Lipinski definition) is 2. The molecule has 104 valence electrons. The van der Waals surface area contributed by atoms with Crippen LogP contribution in [0.4, 0.5) is 5.69 Å². The van der Waals surface area contributed by atoms with E-state index >= 15 is 0 Å². The van der Waals surface area contributed by atoms with Crippen molar-refractivity contribution >= 4 is 27.6 Å². The highest BCUT2D eigenvalue weighted by Gasteiger charge is 2.05. The van der Waals surface area contributed by atoms with Crippen molar-refractivity contribution in [3.63, 3.8) is 0 Å². The Kier molecular flexibility index (Phi) is 4.63. The Morgan fingerprint density at radius 2 is 1.95 bits per heavy atom. The molecule has 0 atom stereocenters. The first-order valence-corrected chi connectivity index (χ1v) is 6.79. The van der Waals surface area contributed by atoms with Gasteiger partial charge in [0, 0.05) is 11.0 Å². The van der Waals surface area contributed by atoms with Crippen LogP contribution in [0.15, 0.2) is 46.9 Å². The monoisotopic (exact) mass is 335 g/mol. The number of carboxylic acid groups (broad SMARTS) is 1. The van der Waals surface area contributed by atoms with Gasteiger partial charge < -0.3 is 15.2 Å². The lowest BCUT2D eigenvalue weighted by atomic mass is 10.1. The molecule has 0 saturated heterocycles. The summed E-state index contributed by atoms with van der Waals surface area (Å²) in [5, 5.41) is 12.1. The number of ether oxygens (including phenoxy) is 1. The molecule has 0 heterocycles. The molecule has 0 aromatic heterocycles. The molecule has 5 heteroatoms. The van der Waals surface area contributed by atoms with Crippen molar-refractivity contribution in [1.29, 1.82) is 0 Å². The van der Waals surface area contributed by atoms with E-state index < -0.39 is 5.97 Å². The van der Waals surface area contributed by atoms with Crippen LogP contribution < -0.4 is 10.1 Å². The first kappa shape index (κ1) is 14.4. The Morgan fingerprint density at radius 1 is 1.25 bits per heavy atom. The Balaban J connectivity index is 2.08. The number of anilines is 1. The number of methoxy groups -OCH3 is 1. The molecule has 0 aliphatic heterocycles. The maximum Gasteiger partial charge on any atom is 0.335 e. The molecule has 0 unspecified atom stereocenters. The zero-order valence-electron chi connectivity index (χ0n) is 10.9. The van der Waals surface area contributed by atoms with Crippen molar-refractivity contribution in [3.05, 3.63) is 58.1 Å². The molecule has 0 saturated carbocycles. The second-order valence-corrected chi connectivity index (χ2v) is 5.12. The molecule has 0 amide bonds. The van der Waals surface area contributed by atoms with E-state index in [1.54, 1.807) is 31.4 Å². The second-order valence-electron chi connectivity index (χ2n) is 4.20. The van der Waals surface area contributed by atoms with E-state index in [-0.39, 0.29) is 5.56 Å². The fraction of sp³-hybridized carbons (Fsp3) is 0.133. The van der Waals surface area contributed by atoms with Crippen LogP contribution in [0, 0.1) is 0 Å². The van der Waals surface area contributed by atoms with Crippen molar-refractivity contribution in [2.75, 3.05) is 12.4 Å². The zero-order chi connectivity index (χ0) is 14.5. The molecule has 0 bridgehead atoms. The SMILES string of the molecule is COc1ccc(Br)cc1NCc1ccc(C(=O)O)cc1. The third-order valence-corrected chi connectivity index (χ3v) is 3.34. The lowest BCUT2D eigenvalue weighted by Gasteiger charge is -2.11. The molecule has 0 aliphatic carbocycles. The van der Waals surface area contributed by atoms with Crippen LogP contribution in [0.3, 0.4) is 0 Å². The van der Waals surface area contributed by atoms with E-state index in [4.69, 9.17) is 9.84 Å². The maximum absolute atomic E-state index is 10.8. The van der Waals surface area contributed by atoms with Gasteiger partial charge in [-0.05, 0) is 35.9 Å². The Hall–Kier alpha value is -2.01. The van der Waals surface area contributed by atoms with Crippen LogP contribution in [0.1, 0.15) is 15.9 Å². The number of nitrogens with one attached hydrogen (secondary N) is 1. The molecule has 0 aliphatic rings. The van der Waals surface area contributed by atoms with Gasteiger partial charge in [0.1, 0.15) is 5.75 Å². The molecule has 0 spiro atoms. The van der Waals surface area contributed by atoms with Gasteiger partial charge in [-0.25, -0.2) is 4.79 Å².